The largest absolute Gasteiger partial charge is 0.310 e. The summed E-state index contributed by atoms with van der Waals surface area (Å²) in [6, 6.07) is 3.37. The van der Waals surface area contributed by atoms with Crippen LogP contribution in [0, 0.1) is 6.92 Å². The molecule has 0 fully saturated rings. The third-order valence-electron chi connectivity index (χ3n) is 1.82. The fourth-order valence-corrected chi connectivity index (χ4v) is 0.956. The molecule has 74 valence electrons. The monoisotopic (exact) mass is 192 g/mol. The molecule has 1 aromatic rings. The number of aromatic nitrogens is 1. The number of carbonyl (C=O) groups is 2. The molecule has 0 aliphatic heterocycles. The Labute approximate surface area is 82.3 Å². The number of amides is 1. The molecule has 0 saturated heterocycles. The summed E-state index contributed by atoms with van der Waals surface area (Å²) in [5.74, 6) is 0.352. The van der Waals surface area contributed by atoms with E-state index in [1.165, 1.54) is 0 Å². The maximum absolute atomic E-state index is 11.1. The zero-order chi connectivity index (χ0) is 10.6. The Morgan fingerprint density at radius 1 is 1.57 bits per heavy atom. The van der Waals surface area contributed by atoms with Crippen molar-refractivity contribution >= 4 is 18.0 Å². The molecule has 4 heteroatoms. The van der Waals surface area contributed by atoms with Crippen LogP contribution in [0.15, 0.2) is 12.1 Å². The summed E-state index contributed by atoms with van der Waals surface area (Å²) in [4.78, 5) is 25.5. The summed E-state index contributed by atoms with van der Waals surface area (Å²) in [6.07, 6.45) is 1.05. The first kappa shape index (κ1) is 10.4. The van der Waals surface area contributed by atoms with Gasteiger partial charge in [0.05, 0.1) is 0 Å². The molecule has 1 heterocycles. The van der Waals surface area contributed by atoms with Crippen molar-refractivity contribution in [2.75, 3.05) is 5.32 Å². The lowest BCUT2D eigenvalue weighted by Gasteiger charge is -2.05. The number of carbonyl (C=O) groups excluding carboxylic acids is 2. The average molecular weight is 192 g/mol. The fourth-order valence-electron chi connectivity index (χ4n) is 0.956. The summed E-state index contributed by atoms with van der Waals surface area (Å²) < 4.78 is 0. The molecule has 0 spiro atoms. The summed E-state index contributed by atoms with van der Waals surface area (Å²) in [5.41, 5.74) is 1.17. The number of aldehydes is 1. The van der Waals surface area contributed by atoms with Crippen LogP contribution < -0.4 is 5.32 Å². The molecule has 0 unspecified atom stereocenters. The molecule has 0 bridgehead atoms. The van der Waals surface area contributed by atoms with Gasteiger partial charge in [-0.15, -0.1) is 0 Å². The Morgan fingerprint density at radius 3 is 2.86 bits per heavy atom. The summed E-state index contributed by atoms with van der Waals surface area (Å²) in [6.45, 7) is 3.58. The normalized spacial score (nSPS) is 9.57. The summed E-state index contributed by atoms with van der Waals surface area (Å²) in [7, 11) is 0. The van der Waals surface area contributed by atoms with Gasteiger partial charge in [-0.3, -0.25) is 9.59 Å². The van der Waals surface area contributed by atoms with Crippen LogP contribution in [0.25, 0.3) is 0 Å². The summed E-state index contributed by atoms with van der Waals surface area (Å²) in [5, 5.41) is 2.63. The van der Waals surface area contributed by atoms with Crippen LogP contribution in [0.1, 0.15) is 29.4 Å². The standard InChI is InChI=1S/C10H12N2O2/c1-3-9(14)12-10-7(2)4-5-8(6-13)11-10/h4-6H,3H2,1-2H3,(H,11,12,14). The first-order valence-corrected chi connectivity index (χ1v) is 4.40. The van der Waals surface area contributed by atoms with Crippen molar-refractivity contribution in [3.63, 3.8) is 0 Å². The Kier molecular flexibility index (Phi) is 3.34. The molecule has 0 aliphatic rings. The first-order valence-electron chi connectivity index (χ1n) is 4.40. The van der Waals surface area contributed by atoms with Crippen molar-refractivity contribution in [1.29, 1.82) is 0 Å². The molecule has 1 rings (SSSR count). The SMILES string of the molecule is CCC(=O)Nc1nc(C=O)ccc1C. The predicted molar refractivity (Wildman–Crippen MR) is 53.3 cm³/mol. The highest BCUT2D eigenvalue weighted by Crippen LogP contribution is 2.11. The van der Waals surface area contributed by atoms with Gasteiger partial charge >= 0.3 is 0 Å². The van der Waals surface area contributed by atoms with Crippen LogP contribution in [-0.4, -0.2) is 17.2 Å². The van der Waals surface area contributed by atoms with Gasteiger partial charge < -0.3 is 5.32 Å². The van der Waals surface area contributed by atoms with Crippen molar-refractivity contribution in [3.8, 4) is 0 Å². The van der Waals surface area contributed by atoms with Crippen molar-refractivity contribution in [2.45, 2.75) is 20.3 Å². The number of nitrogens with zero attached hydrogens (tertiary/aromatic N) is 1. The number of rotatable bonds is 3. The van der Waals surface area contributed by atoms with Gasteiger partial charge in [0.1, 0.15) is 11.5 Å². The molecule has 1 N–H and O–H groups in total. The van der Waals surface area contributed by atoms with Crippen LogP contribution in [0.3, 0.4) is 0 Å². The lowest BCUT2D eigenvalue weighted by atomic mass is 10.2. The minimum absolute atomic E-state index is 0.108. The van der Waals surface area contributed by atoms with Gasteiger partial charge in [-0.1, -0.05) is 13.0 Å². The van der Waals surface area contributed by atoms with Crippen molar-refractivity contribution < 1.29 is 9.59 Å². The van der Waals surface area contributed by atoms with Gasteiger partial charge in [-0.05, 0) is 18.6 Å². The van der Waals surface area contributed by atoms with Crippen molar-refractivity contribution in [1.82, 2.24) is 4.98 Å². The maximum atomic E-state index is 11.1. The van der Waals surface area contributed by atoms with E-state index < -0.39 is 0 Å². The minimum Gasteiger partial charge on any atom is -0.310 e. The van der Waals surface area contributed by atoms with Crippen molar-refractivity contribution in [2.24, 2.45) is 0 Å². The van der Waals surface area contributed by atoms with E-state index in [2.05, 4.69) is 10.3 Å². The van der Waals surface area contributed by atoms with Gasteiger partial charge in [0, 0.05) is 6.42 Å². The van der Waals surface area contributed by atoms with Crippen molar-refractivity contribution in [3.05, 3.63) is 23.4 Å². The number of hydrogen-bond donors (Lipinski definition) is 1. The quantitative estimate of drug-likeness (QED) is 0.739. The molecule has 1 amide bonds. The first-order chi connectivity index (χ1) is 6.67. The molecule has 0 radical (unpaired) electrons. The molecule has 0 atom stereocenters. The summed E-state index contributed by atoms with van der Waals surface area (Å²) >= 11 is 0. The van der Waals surface area contributed by atoms with E-state index in [0.717, 1.165) is 5.56 Å². The van der Waals surface area contributed by atoms with E-state index in [1.54, 1.807) is 19.1 Å². The van der Waals surface area contributed by atoms with Crippen LogP contribution in [-0.2, 0) is 4.79 Å². The number of aryl methyl sites for hydroxylation is 1. The van der Waals surface area contributed by atoms with Gasteiger partial charge in [0.2, 0.25) is 5.91 Å². The molecule has 0 saturated carbocycles. The van der Waals surface area contributed by atoms with Gasteiger partial charge in [0.25, 0.3) is 0 Å². The lowest BCUT2D eigenvalue weighted by Crippen LogP contribution is -2.12. The Balaban J connectivity index is 2.94. The van der Waals surface area contributed by atoms with E-state index in [1.807, 2.05) is 6.92 Å². The molecule has 0 aromatic carbocycles. The number of pyridine rings is 1. The fraction of sp³-hybridized carbons (Fsp3) is 0.300. The molecule has 1 aromatic heterocycles. The van der Waals surface area contributed by atoms with E-state index in [0.29, 0.717) is 24.2 Å². The average Bonchev–Trinajstić information content (AvgIpc) is 2.21. The number of nitrogens with one attached hydrogen (secondary N) is 1. The van der Waals surface area contributed by atoms with E-state index >= 15 is 0 Å². The van der Waals surface area contributed by atoms with Gasteiger partial charge in [-0.25, -0.2) is 4.98 Å². The number of hydrogen-bond acceptors (Lipinski definition) is 3. The molecular weight excluding hydrogens is 180 g/mol. The van der Waals surface area contributed by atoms with E-state index in [-0.39, 0.29) is 5.91 Å². The number of anilines is 1. The second-order valence-electron chi connectivity index (χ2n) is 2.92. The third-order valence-corrected chi connectivity index (χ3v) is 1.82. The van der Waals surface area contributed by atoms with Gasteiger partial charge in [-0.2, -0.15) is 0 Å². The second-order valence-corrected chi connectivity index (χ2v) is 2.92. The molecular formula is C10H12N2O2. The maximum Gasteiger partial charge on any atom is 0.225 e. The zero-order valence-electron chi connectivity index (χ0n) is 8.20. The smallest absolute Gasteiger partial charge is 0.225 e. The van der Waals surface area contributed by atoms with Crippen LogP contribution >= 0.6 is 0 Å². The third kappa shape index (κ3) is 2.39. The minimum atomic E-state index is -0.108. The topological polar surface area (TPSA) is 59.1 Å². The Bertz CT molecular complexity index is 361. The van der Waals surface area contributed by atoms with E-state index in [9.17, 15) is 9.59 Å². The lowest BCUT2D eigenvalue weighted by molar-refractivity contribution is -0.115. The van der Waals surface area contributed by atoms with Crippen LogP contribution in [0.4, 0.5) is 5.82 Å². The molecule has 0 aliphatic carbocycles. The molecule has 4 nitrogen and oxygen atoms in total. The Hall–Kier alpha value is -1.71. The highest BCUT2D eigenvalue weighted by Gasteiger charge is 2.04. The second kappa shape index (κ2) is 4.50. The highest BCUT2D eigenvalue weighted by molar-refractivity contribution is 5.90. The van der Waals surface area contributed by atoms with E-state index in [4.69, 9.17) is 0 Å². The zero-order valence-corrected chi connectivity index (χ0v) is 8.20. The van der Waals surface area contributed by atoms with Gasteiger partial charge in [0.15, 0.2) is 6.29 Å². The molecule has 14 heavy (non-hydrogen) atoms. The highest BCUT2D eigenvalue weighted by atomic mass is 16.1. The van der Waals surface area contributed by atoms with Crippen LogP contribution in [0.5, 0.6) is 0 Å². The van der Waals surface area contributed by atoms with Crippen LogP contribution in [0.2, 0.25) is 0 Å². The Morgan fingerprint density at radius 2 is 2.29 bits per heavy atom. The predicted octanol–water partition coefficient (Wildman–Crippen LogP) is 1.55.